The molecule has 0 aliphatic carbocycles. The molecule has 0 fully saturated rings. The lowest BCUT2D eigenvalue weighted by atomic mass is 10.1. The molecule has 6 nitrogen and oxygen atoms in total. The second kappa shape index (κ2) is 9.26. The Morgan fingerprint density at radius 2 is 1.96 bits per heavy atom. The van der Waals surface area contributed by atoms with Crippen molar-refractivity contribution < 1.29 is 9.59 Å². The van der Waals surface area contributed by atoms with Crippen molar-refractivity contribution in [3.8, 4) is 0 Å². The molecule has 1 heterocycles. The Labute approximate surface area is 166 Å². The van der Waals surface area contributed by atoms with Gasteiger partial charge in [-0.1, -0.05) is 30.3 Å². The maximum absolute atomic E-state index is 12.2. The minimum absolute atomic E-state index is 0.115. The number of nitrogens with one attached hydrogen (secondary N) is 3. The van der Waals surface area contributed by atoms with E-state index in [2.05, 4.69) is 45.1 Å². The van der Waals surface area contributed by atoms with Gasteiger partial charge in [0.05, 0.1) is 6.04 Å². The lowest BCUT2D eigenvalue weighted by molar-refractivity contribution is -0.114. The van der Waals surface area contributed by atoms with Crippen LogP contribution in [0.3, 0.4) is 0 Å². The molecule has 1 aliphatic rings. The molecule has 0 radical (unpaired) electrons. The molecule has 0 saturated heterocycles. The molecule has 0 bridgehead atoms. The van der Waals surface area contributed by atoms with Crippen LogP contribution in [0.2, 0.25) is 0 Å². The molecule has 0 spiro atoms. The van der Waals surface area contributed by atoms with Crippen molar-refractivity contribution in [2.45, 2.75) is 32.7 Å². The van der Waals surface area contributed by atoms with E-state index in [9.17, 15) is 9.59 Å². The number of urea groups is 1. The summed E-state index contributed by atoms with van der Waals surface area (Å²) >= 11 is 0. The van der Waals surface area contributed by atoms with Gasteiger partial charge in [0.25, 0.3) is 0 Å². The standard InChI is InChI=1S/C22H28N4O2/c1-16(19-8-5-9-20(15-19)25-17(2)27)24-22(28)23-12-6-13-26-14-11-18-7-3-4-10-21(18)26/h3-5,7-10,15-16H,6,11-14H2,1-2H3,(H,25,27)(H2,23,24,28). The predicted molar refractivity (Wildman–Crippen MR) is 113 cm³/mol. The number of carbonyl (C=O) groups excluding carboxylic acids is 2. The molecular weight excluding hydrogens is 352 g/mol. The Bertz CT molecular complexity index is 837. The van der Waals surface area contributed by atoms with Crippen molar-refractivity contribution in [1.29, 1.82) is 0 Å². The maximum Gasteiger partial charge on any atom is 0.315 e. The highest BCUT2D eigenvalue weighted by atomic mass is 16.2. The third-order valence-corrected chi connectivity index (χ3v) is 4.93. The molecule has 3 amide bonds. The van der Waals surface area contributed by atoms with Gasteiger partial charge < -0.3 is 20.9 Å². The van der Waals surface area contributed by atoms with Crippen molar-refractivity contribution in [2.75, 3.05) is 29.9 Å². The molecule has 3 rings (SSSR count). The van der Waals surface area contributed by atoms with Crippen molar-refractivity contribution in [3.63, 3.8) is 0 Å². The lowest BCUT2D eigenvalue weighted by Gasteiger charge is -2.20. The van der Waals surface area contributed by atoms with E-state index in [-0.39, 0.29) is 18.0 Å². The van der Waals surface area contributed by atoms with Gasteiger partial charge in [0.2, 0.25) is 5.91 Å². The molecule has 1 atom stereocenters. The van der Waals surface area contributed by atoms with Gasteiger partial charge in [-0.15, -0.1) is 0 Å². The number of hydrogen-bond acceptors (Lipinski definition) is 3. The number of hydrogen-bond donors (Lipinski definition) is 3. The van der Waals surface area contributed by atoms with Crippen LogP contribution in [0.25, 0.3) is 0 Å². The van der Waals surface area contributed by atoms with Crippen LogP contribution < -0.4 is 20.9 Å². The average molecular weight is 380 g/mol. The van der Waals surface area contributed by atoms with Gasteiger partial charge in [-0.2, -0.15) is 0 Å². The SMILES string of the molecule is CC(=O)Nc1cccc(C(C)NC(=O)NCCCN2CCc3ccccc32)c1. The number of fused-ring (bicyclic) bond motifs is 1. The van der Waals surface area contributed by atoms with Crippen LogP contribution in [0.4, 0.5) is 16.2 Å². The summed E-state index contributed by atoms with van der Waals surface area (Å²) in [6.07, 6.45) is 1.99. The lowest BCUT2D eigenvalue weighted by Crippen LogP contribution is -2.38. The van der Waals surface area contributed by atoms with E-state index in [0.29, 0.717) is 6.54 Å². The number of nitrogens with zero attached hydrogens (tertiary/aromatic N) is 1. The molecule has 28 heavy (non-hydrogen) atoms. The van der Waals surface area contributed by atoms with Gasteiger partial charge in [-0.05, 0) is 49.1 Å². The first kappa shape index (κ1) is 19.7. The van der Waals surface area contributed by atoms with E-state index in [0.717, 1.165) is 37.2 Å². The topological polar surface area (TPSA) is 73.5 Å². The Hall–Kier alpha value is -3.02. The monoisotopic (exact) mass is 380 g/mol. The number of amides is 3. The smallest absolute Gasteiger partial charge is 0.315 e. The zero-order chi connectivity index (χ0) is 19.9. The second-order valence-corrected chi connectivity index (χ2v) is 7.15. The number of carbonyl (C=O) groups is 2. The third kappa shape index (κ3) is 5.25. The second-order valence-electron chi connectivity index (χ2n) is 7.15. The van der Waals surface area contributed by atoms with E-state index in [1.807, 2.05) is 31.2 Å². The van der Waals surface area contributed by atoms with Crippen LogP contribution in [0.15, 0.2) is 48.5 Å². The zero-order valence-corrected chi connectivity index (χ0v) is 16.5. The van der Waals surface area contributed by atoms with E-state index in [4.69, 9.17) is 0 Å². The van der Waals surface area contributed by atoms with Gasteiger partial charge in [-0.25, -0.2) is 4.79 Å². The van der Waals surface area contributed by atoms with Crippen LogP contribution in [0.5, 0.6) is 0 Å². The molecule has 1 unspecified atom stereocenters. The molecule has 148 valence electrons. The number of rotatable bonds is 7. The van der Waals surface area contributed by atoms with E-state index >= 15 is 0 Å². The Morgan fingerprint density at radius 3 is 2.79 bits per heavy atom. The highest BCUT2D eigenvalue weighted by molar-refractivity contribution is 5.88. The van der Waals surface area contributed by atoms with Crippen LogP contribution >= 0.6 is 0 Å². The fourth-order valence-electron chi connectivity index (χ4n) is 3.53. The minimum Gasteiger partial charge on any atom is -0.371 e. The summed E-state index contributed by atoms with van der Waals surface area (Å²) in [4.78, 5) is 25.7. The first-order chi connectivity index (χ1) is 13.5. The van der Waals surface area contributed by atoms with Crippen LogP contribution in [-0.2, 0) is 11.2 Å². The molecule has 0 saturated carbocycles. The fourth-order valence-corrected chi connectivity index (χ4v) is 3.53. The third-order valence-electron chi connectivity index (χ3n) is 4.93. The maximum atomic E-state index is 12.2. The zero-order valence-electron chi connectivity index (χ0n) is 16.5. The molecule has 0 aromatic heterocycles. The largest absolute Gasteiger partial charge is 0.371 e. The van der Waals surface area contributed by atoms with E-state index < -0.39 is 0 Å². The molecule has 2 aromatic rings. The Balaban J connectivity index is 1.40. The first-order valence-electron chi connectivity index (χ1n) is 9.77. The summed E-state index contributed by atoms with van der Waals surface area (Å²) in [7, 11) is 0. The van der Waals surface area contributed by atoms with Gasteiger partial charge in [0, 0.05) is 37.9 Å². The molecular formula is C22H28N4O2. The summed E-state index contributed by atoms with van der Waals surface area (Å²) in [6, 6.07) is 15.7. The van der Waals surface area contributed by atoms with Gasteiger partial charge in [-0.3, -0.25) is 4.79 Å². The minimum atomic E-state index is -0.181. The predicted octanol–water partition coefficient (Wildman–Crippen LogP) is 3.46. The van der Waals surface area contributed by atoms with Crippen LogP contribution in [0, 0.1) is 0 Å². The first-order valence-corrected chi connectivity index (χ1v) is 9.77. The molecule has 3 N–H and O–H groups in total. The highest BCUT2D eigenvalue weighted by Crippen LogP contribution is 2.27. The van der Waals surface area contributed by atoms with Crippen molar-refractivity contribution in [2.24, 2.45) is 0 Å². The number of para-hydroxylation sites is 1. The summed E-state index contributed by atoms with van der Waals surface area (Å²) in [6.45, 7) is 6.01. The Kier molecular flexibility index (Phi) is 6.53. The number of benzene rings is 2. The van der Waals surface area contributed by atoms with Crippen molar-refractivity contribution in [3.05, 3.63) is 59.7 Å². The van der Waals surface area contributed by atoms with Crippen molar-refractivity contribution >= 4 is 23.3 Å². The van der Waals surface area contributed by atoms with Gasteiger partial charge in [0.1, 0.15) is 0 Å². The molecule has 2 aromatic carbocycles. The summed E-state index contributed by atoms with van der Waals surface area (Å²) in [5.74, 6) is -0.115. The summed E-state index contributed by atoms with van der Waals surface area (Å²) < 4.78 is 0. The van der Waals surface area contributed by atoms with Gasteiger partial charge in [0.15, 0.2) is 0 Å². The van der Waals surface area contributed by atoms with E-state index in [1.54, 1.807) is 0 Å². The normalized spacial score (nSPS) is 13.6. The highest BCUT2D eigenvalue weighted by Gasteiger charge is 2.17. The number of anilines is 2. The summed E-state index contributed by atoms with van der Waals surface area (Å²) in [5, 5.41) is 8.63. The molecule has 6 heteroatoms. The quantitative estimate of drug-likeness (QED) is 0.644. The fraction of sp³-hybridized carbons (Fsp3) is 0.364. The average Bonchev–Trinajstić information content (AvgIpc) is 3.08. The molecule has 1 aliphatic heterocycles. The van der Waals surface area contributed by atoms with Crippen molar-refractivity contribution in [1.82, 2.24) is 10.6 Å². The summed E-state index contributed by atoms with van der Waals surface area (Å²) in [5.41, 5.74) is 4.39. The van der Waals surface area contributed by atoms with Crippen LogP contribution in [-0.4, -0.2) is 31.6 Å². The van der Waals surface area contributed by atoms with Gasteiger partial charge >= 0.3 is 6.03 Å². The Morgan fingerprint density at radius 1 is 1.14 bits per heavy atom. The van der Waals surface area contributed by atoms with E-state index in [1.165, 1.54) is 18.2 Å². The van der Waals surface area contributed by atoms with Crippen LogP contribution in [0.1, 0.15) is 37.4 Å².